The van der Waals surface area contributed by atoms with Gasteiger partial charge < -0.3 is 4.74 Å². The molecule has 4 nitrogen and oxygen atoms in total. The Morgan fingerprint density at radius 1 is 1.17 bits per heavy atom. The topological polar surface area (TPSA) is 49.8 Å². The third-order valence-electron chi connectivity index (χ3n) is 3.43. The average Bonchev–Trinajstić information content (AvgIpc) is 2.60. The van der Waals surface area contributed by atoms with Crippen molar-refractivity contribution in [2.24, 2.45) is 0 Å². The first-order chi connectivity index (χ1) is 11.6. The number of hydrogen-bond donors (Lipinski definition) is 1. The molecule has 0 aliphatic rings. The number of rotatable bonds is 5. The third kappa shape index (κ3) is 5.24. The zero-order valence-corrected chi connectivity index (χ0v) is 13.9. The van der Waals surface area contributed by atoms with Crippen LogP contribution in [-0.2, 0) is 16.1 Å². The van der Waals surface area contributed by atoms with E-state index in [1.54, 1.807) is 0 Å². The van der Waals surface area contributed by atoms with Crippen molar-refractivity contribution >= 4 is 5.91 Å². The number of carbonyl (C=O) groups is 1. The van der Waals surface area contributed by atoms with Crippen molar-refractivity contribution in [3.8, 4) is 11.8 Å². The summed E-state index contributed by atoms with van der Waals surface area (Å²) in [5.74, 6) is 5.88. The lowest BCUT2D eigenvalue weighted by molar-refractivity contribution is -0.165. The molecular formula is C20H21NO3. The van der Waals surface area contributed by atoms with Crippen molar-refractivity contribution in [1.29, 1.82) is 0 Å². The van der Waals surface area contributed by atoms with Gasteiger partial charge in [-0.1, -0.05) is 54.3 Å². The molecule has 0 bridgehead atoms. The van der Waals surface area contributed by atoms with Gasteiger partial charge in [0, 0.05) is 19.1 Å². The summed E-state index contributed by atoms with van der Waals surface area (Å²) in [6.45, 7) is 3.97. The molecule has 0 aromatic heterocycles. The Morgan fingerprint density at radius 3 is 2.42 bits per heavy atom. The fourth-order valence-corrected chi connectivity index (χ4v) is 2.14. The summed E-state index contributed by atoms with van der Waals surface area (Å²) < 4.78 is 5.72. The Morgan fingerprint density at radius 2 is 1.83 bits per heavy atom. The molecule has 0 saturated carbocycles. The minimum Gasteiger partial charge on any atom is -0.361 e. The Labute approximate surface area is 142 Å². The van der Waals surface area contributed by atoms with Crippen LogP contribution >= 0.6 is 0 Å². The van der Waals surface area contributed by atoms with Gasteiger partial charge in [0.05, 0.1) is 6.54 Å². The van der Waals surface area contributed by atoms with Gasteiger partial charge in [0.2, 0.25) is 5.91 Å². The molecule has 0 aliphatic heterocycles. The summed E-state index contributed by atoms with van der Waals surface area (Å²) in [4.78, 5) is 11.1. The summed E-state index contributed by atoms with van der Waals surface area (Å²) in [5.41, 5.74) is 2.72. The number of benzene rings is 2. The van der Waals surface area contributed by atoms with E-state index in [2.05, 4.69) is 11.8 Å². The molecule has 124 valence electrons. The van der Waals surface area contributed by atoms with E-state index < -0.39 is 0 Å². The standard InChI is InChI=1S/C20H21NO3/c1-3-24-20(14-11-17-7-5-4-6-8-17)19-12-9-18(10-13-19)15-21(23)16(2)22/h4-10,12-13,20,23H,3,15H2,1-2H3. The van der Waals surface area contributed by atoms with E-state index in [1.807, 2.05) is 61.5 Å². The predicted octanol–water partition coefficient (Wildman–Crippen LogP) is 3.55. The first kappa shape index (κ1) is 17.7. The molecule has 2 rings (SSSR count). The minimum absolute atomic E-state index is 0.157. The highest BCUT2D eigenvalue weighted by molar-refractivity contribution is 5.71. The van der Waals surface area contributed by atoms with E-state index in [1.165, 1.54) is 6.92 Å². The second-order valence-electron chi connectivity index (χ2n) is 5.29. The van der Waals surface area contributed by atoms with Crippen LogP contribution in [0, 0.1) is 11.8 Å². The van der Waals surface area contributed by atoms with E-state index in [0.29, 0.717) is 11.7 Å². The maximum atomic E-state index is 11.1. The van der Waals surface area contributed by atoms with Gasteiger partial charge in [-0.2, -0.15) is 0 Å². The fourth-order valence-electron chi connectivity index (χ4n) is 2.14. The monoisotopic (exact) mass is 323 g/mol. The van der Waals surface area contributed by atoms with Gasteiger partial charge in [0.15, 0.2) is 0 Å². The lowest BCUT2D eigenvalue weighted by Gasteiger charge is -2.14. The van der Waals surface area contributed by atoms with Crippen LogP contribution in [0.25, 0.3) is 0 Å². The Bertz CT molecular complexity index is 714. The molecule has 4 heteroatoms. The van der Waals surface area contributed by atoms with Crippen molar-refractivity contribution < 1.29 is 14.7 Å². The number of hydroxylamine groups is 2. The van der Waals surface area contributed by atoms with Crippen molar-refractivity contribution in [3.63, 3.8) is 0 Å². The SMILES string of the molecule is CCOC(C#Cc1ccccc1)c1ccc(CN(O)C(C)=O)cc1. The molecular weight excluding hydrogens is 302 g/mol. The van der Waals surface area contributed by atoms with Crippen LogP contribution in [0.15, 0.2) is 54.6 Å². The number of ether oxygens (including phenoxy) is 1. The van der Waals surface area contributed by atoms with E-state index in [9.17, 15) is 10.0 Å². The molecule has 0 spiro atoms. The first-order valence-corrected chi connectivity index (χ1v) is 7.84. The number of amides is 1. The molecule has 1 amide bonds. The van der Waals surface area contributed by atoms with Crippen molar-refractivity contribution in [2.45, 2.75) is 26.5 Å². The molecule has 1 atom stereocenters. The summed E-state index contributed by atoms with van der Waals surface area (Å²) in [6, 6.07) is 17.3. The zero-order valence-electron chi connectivity index (χ0n) is 13.9. The smallest absolute Gasteiger partial charge is 0.243 e. The summed E-state index contributed by atoms with van der Waals surface area (Å²) in [6.07, 6.45) is -0.317. The highest BCUT2D eigenvalue weighted by atomic mass is 16.5. The molecule has 24 heavy (non-hydrogen) atoms. The molecule has 0 aliphatic carbocycles. The first-order valence-electron chi connectivity index (χ1n) is 7.84. The van der Waals surface area contributed by atoms with Crippen LogP contribution in [0.5, 0.6) is 0 Å². The molecule has 0 saturated heterocycles. The third-order valence-corrected chi connectivity index (χ3v) is 3.43. The fraction of sp³-hybridized carbons (Fsp3) is 0.250. The van der Waals surface area contributed by atoms with E-state index in [4.69, 9.17) is 4.74 Å². The second-order valence-corrected chi connectivity index (χ2v) is 5.29. The van der Waals surface area contributed by atoms with Gasteiger partial charge in [0.25, 0.3) is 0 Å². The molecule has 0 heterocycles. The van der Waals surface area contributed by atoms with Crippen LogP contribution < -0.4 is 0 Å². The van der Waals surface area contributed by atoms with Crippen LogP contribution in [0.2, 0.25) is 0 Å². The lowest BCUT2D eigenvalue weighted by atomic mass is 10.1. The molecule has 1 N–H and O–H groups in total. The Balaban J connectivity index is 2.13. The lowest BCUT2D eigenvalue weighted by Crippen LogP contribution is -2.23. The van der Waals surface area contributed by atoms with Crippen LogP contribution in [0.4, 0.5) is 0 Å². The summed E-state index contributed by atoms with van der Waals surface area (Å²) in [7, 11) is 0. The Hall–Kier alpha value is -2.61. The van der Waals surface area contributed by atoms with Crippen LogP contribution in [0.1, 0.15) is 36.6 Å². The maximum absolute atomic E-state index is 11.1. The Kier molecular flexibility index (Phi) is 6.56. The summed E-state index contributed by atoms with van der Waals surface area (Å²) >= 11 is 0. The van der Waals surface area contributed by atoms with Crippen LogP contribution in [0.3, 0.4) is 0 Å². The normalized spacial score (nSPS) is 11.3. The van der Waals surface area contributed by atoms with E-state index in [0.717, 1.165) is 16.7 Å². The minimum atomic E-state index is -0.389. The highest BCUT2D eigenvalue weighted by Crippen LogP contribution is 2.18. The van der Waals surface area contributed by atoms with Gasteiger partial charge in [0.1, 0.15) is 6.10 Å². The largest absolute Gasteiger partial charge is 0.361 e. The van der Waals surface area contributed by atoms with Crippen molar-refractivity contribution in [3.05, 3.63) is 71.3 Å². The molecule has 0 radical (unpaired) electrons. The summed E-state index contributed by atoms with van der Waals surface area (Å²) in [5, 5.41) is 10.2. The number of nitrogens with zero attached hydrogens (tertiary/aromatic N) is 1. The van der Waals surface area contributed by atoms with E-state index >= 15 is 0 Å². The van der Waals surface area contributed by atoms with Crippen molar-refractivity contribution in [1.82, 2.24) is 5.06 Å². The van der Waals surface area contributed by atoms with Gasteiger partial charge in [-0.05, 0) is 30.2 Å². The van der Waals surface area contributed by atoms with Crippen LogP contribution in [-0.4, -0.2) is 22.8 Å². The van der Waals surface area contributed by atoms with Gasteiger partial charge >= 0.3 is 0 Å². The predicted molar refractivity (Wildman–Crippen MR) is 92.1 cm³/mol. The highest BCUT2D eigenvalue weighted by Gasteiger charge is 2.10. The second kappa shape index (κ2) is 8.88. The maximum Gasteiger partial charge on any atom is 0.243 e. The zero-order chi connectivity index (χ0) is 17.4. The molecule has 2 aromatic carbocycles. The molecule has 2 aromatic rings. The van der Waals surface area contributed by atoms with Gasteiger partial charge in [-0.15, -0.1) is 0 Å². The quantitative estimate of drug-likeness (QED) is 0.520. The van der Waals surface area contributed by atoms with E-state index in [-0.39, 0.29) is 18.6 Å². The van der Waals surface area contributed by atoms with Gasteiger partial charge in [-0.25, -0.2) is 5.06 Å². The number of hydrogen-bond acceptors (Lipinski definition) is 3. The average molecular weight is 323 g/mol. The molecule has 1 unspecified atom stereocenters. The van der Waals surface area contributed by atoms with Gasteiger partial charge in [-0.3, -0.25) is 10.0 Å². The van der Waals surface area contributed by atoms with Crippen molar-refractivity contribution in [2.75, 3.05) is 6.61 Å². The molecule has 0 fully saturated rings. The number of carbonyl (C=O) groups excluding carboxylic acids is 1.